The van der Waals surface area contributed by atoms with Crippen molar-refractivity contribution < 1.29 is 13.2 Å². The minimum Gasteiger partial charge on any atom is -0.166 e. The van der Waals surface area contributed by atoms with Crippen molar-refractivity contribution in [3.63, 3.8) is 0 Å². The van der Waals surface area contributed by atoms with Crippen molar-refractivity contribution in [2.45, 2.75) is 6.18 Å². The van der Waals surface area contributed by atoms with Gasteiger partial charge in [-0.3, -0.25) is 0 Å². The van der Waals surface area contributed by atoms with Crippen molar-refractivity contribution in [3.05, 3.63) is 39.8 Å². The number of benzene rings is 1. The van der Waals surface area contributed by atoms with Crippen LogP contribution in [0.5, 0.6) is 0 Å². The van der Waals surface area contributed by atoms with Gasteiger partial charge in [-0.1, -0.05) is 0 Å². The van der Waals surface area contributed by atoms with Gasteiger partial charge in [0.25, 0.3) is 0 Å². The second-order valence-corrected chi connectivity index (χ2v) is 3.59. The molecule has 0 saturated carbocycles. The maximum Gasteiger partial charge on any atom is 0.416 e. The zero-order chi connectivity index (χ0) is 9.35. The van der Waals surface area contributed by atoms with Crippen LogP contribution in [-0.4, -0.2) is 0 Å². The quantitative estimate of drug-likeness (QED) is 0.640. The van der Waals surface area contributed by atoms with Crippen LogP contribution >= 0.6 is 22.6 Å². The molecule has 0 amide bonds. The standard InChI is InChI=1S/C8H5F3I/c1-5-2-6(8(9,10)11)4-7(12)3-5/h2-4H,1H2. The van der Waals surface area contributed by atoms with Crippen molar-refractivity contribution in [3.8, 4) is 0 Å². The molecule has 0 aliphatic carbocycles. The van der Waals surface area contributed by atoms with Gasteiger partial charge < -0.3 is 0 Å². The second-order valence-electron chi connectivity index (χ2n) is 2.35. The van der Waals surface area contributed by atoms with Gasteiger partial charge in [0, 0.05) is 3.57 Å². The highest BCUT2D eigenvalue weighted by Crippen LogP contribution is 2.30. The summed E-state index contributed by atoms with van der Waals surface area (Å²) in [6.07, 6.45) is -4.27. The molecule has 0 heterocycles. The zero-order valence-electron chi connectivity index (χ0n) is 5.95. The summed E-state index contributed by atoms with van der Waals surface area (Å²) in [5, 5.41) is 0. The van der Waals surface area contributed by atoms with Gasteiger partial charge in [0.2, 0.25) is 0 Å². The third-order valence-electron chi connectivity index (χ3n) is 1.28. The Bertz CT molecular complexity index is 271. The molecule has 0 atom stereocenters. The molecule has 0 N–H and O–H groups in total. The fraction of sp³-hybridized carbons (Fsp3) is 0.125. The van der Waals surface area contributed by atoms with Crippen LogP contribution in [0.3, 0.4) is 0 Å². The van der Waals surface area contributed by atoms with Crippen LogP contribution in [0.15, 0.2) is 18.2 Å². The molecule has 0 aliphatic rings. The molecule has 0 bridgehead atoms. The Kier molecular flexibility index (Phi) is 2.65. The average Bonchev–Trinajstić information content (AvgIpc) is 1.82. The lowest BCUT2D eigenvalue weighted by Crippen LogP contribution is -2.05. The molecular formula is C8H5F3I. The first-order valence-corrected chi connectivity index (χ1v) is 4.17. The Balaban J connectivity index is 3.18. The molecular weight excluding hydrogens is 280 g/mol. The normalized spacial score (nSPS) is 11.8. The third kappa shape index (κ3) is 2.36. The molecule has 0 aliphatic heterocycles. The van der Waals surface area contributed by atoms with E-state index in [1.807, 2.05) is 22.6 Å². The van der Waals surface area contributed by atoms with E-state index in [9.17, 15) is 13.2 Å². The predicted molar refractivity (Wildman–Crippen MR) is 48.6 cm³/mol. The number of rotatable bonds is 0. The van der Waals surface area contributed by atoms with Gasteiger partial charge in [0.05, 0.1) is 5.56 Å². The number of hydrogen-bond donors (Lipinski definition) is 0. The summed E-state index contributed by atoms with van der Waals surface area (Å²) in [4.78, 5) is 0. The van der Waals surface area contributed by atoms with Crippen LogP contribution in [-0.2, 0) is 6.18 Å². The molecule has 0 spiro atoms. The van der Waals surface area contributed by atoms with Crippen molar-refractivity contribution in [1.82, 2.24) is 0 Å². The van der Waals surface area contributed by atoms with E-state index < -0.39 is 11.7 Å². The summed E-state index contributed by atoms with van der Waals surface area (Å²) >= 11 is 1.83. The molecule has 12 heavy (non-hydrogen) atoms. The smallest absolute Gasteiger partial charge is 0.166 e. The van der Waals surface area contributed by atoms with E-state index in [1.165, 1.54) is 0 Å². The average molecular weight is 285 g/mol. The Hall–Kier alpha value is -0.260. The zero-order valence-corrected chi connectivity index (χ0v) is 8.11. The Morgan fingerprint density at radius 2 is 1.75 bits per heavy atom. The van der Waals surface area contributed by atoms with Crippen molar-refractivity contribution in [2.24, 2.45) is 0 Å². The molecule has 4 heteroatoms. The van der Waals surface area contributed by atoms with E-state index in [1.54, 1.807) is 6.07 Å². The lowest BCUT2D eigenvalue weighted by molar-refractivity contribution is -0.137. The van der Waals surface area contributed by atoms with Crippen LogP contribution in [0, 0.1) is 10.5 Å². The van der Waals surface area contributed by atoms with Gasteiger partial charge in [-0.25, -0.2) is 0 Å². The maximum absolute atomic E-state index is 12.1. The van der Waals surface area contributed by atoms with Crippen molar-refractivity contribution >= 4 is 22.6 Å². The van der Waals surface area contributed by atoms with Crippen molar-refractivity contribution in [1.29, 1.82) is 0 Å². The summed E-state index contributed by atoms with van der Waals surface area (Å²) in [7, 11) is 0. The first-order chi connectivity index (χ1) is 5.39. The first-order valence-electron chi connectivity index (χ1n) is 3.09. The van der Waals surface area contributed by atoms with Gasteiger partial charge in [0.15, 0.2) is 0 Å². The predicted octanol–water partition coefficient (Wildman–Crippen LogP) is 3.49. The van der Waals surface area contributed by atoms with Gasteiger partial charge >= 0.3 is 6.18 Å². The highest BCUT2D eigenvalue weighted by molar-refractivity contribution is 14.1. The molecule has 0 unspecified atom stereocenters. The van der Waals surface area contributed by atoms with Crippen molar-refractivity contribution in [2.75, 3.05) is 0 Å². The number of alkyl halides is 3. The minimum absolute atomic E-state index is 0.384. The summed E-state index contributed by atoms with van der Waals surface area (Å²) in [6.45, 7) is 3.45. The summed E-state index contributed by atoms with van der Waals surface area (Å²) in [5.41, 5.74) is -0.256. The molecule has 0 saturated heterocycles. The van der Waals surface area contributed by atoms with E-state index in [-0.39, 0.29) is 0 Å². The second kappa shape index (κ2) is 3.24. The highest BCUT2D eigenvalue weighted by atomic mass is 127. The number of halogens is 4. The molecule has 0 fully saturated rings. The van der Waals surface area contributed by atoms with Crippen LogP contribution in [0.1, 0.15) is 11.1 Å². The lowest BCUT2D eigenvalue weighted by Gasteiger charge is -2.07. The SMILES string of the molecule is [CH2]c1cc(I)cc(C(F)(F)F)c1. The van der Waals surface area contributed by atoms with Gasteiger partial charge in [-0.15, -0.1) is 0 Å². The molecule has 1 aromatic rings. The summed E-state index contributed by atoms with van der Waals surface area (Å²) in [6, 6.07) is 3.72. The van der Waals surface area contributed by atoms with Gasteiger partial charge in [-0.2, -0.15) is 13.2 Å². The number of hydrogen-bond acceptors (Lipinski definition) is 0. The lowest BCUT2D eigenvalue weighted by atomic mass is 10.1. The van der Waals surface area contributed by atoms with Crippen LogP contribution in [0.25, 0.3) is 0 Å². The molecule has 65 valence electrons. The molecule has 0 aromatic heterocycles. The van der Waals surface area contributed by atoms with Gasteiger partial charge in [0.1, 0.15) is 0 Å². The van der Waals surface area contributed by atoms with E-state index in [4.69, 9.17) is 0 Å². The van der Waals surface area contributed by atoms with Gasteiger partial charge in [-0.05, 0) is 53.3 Å². The van der Waals surface area contributed by atoms with E-state index in [2.05, 4.69) is 6.92 Å². The maximum atomic E-state index is 12.1. The van der Waals surface area contributed by atoms with Crippen LogP contribution in [0.4, 0.5) is 13.2 Å². The molecule has 1 radical (unpaired) electrons. The third-order valence-corrected chi connectivity index (χ3v) is 1.91. The fourth-order valence-electron chi connectivity index (χ4n) is 0.814. The molecule has 1 aromatic carbocycles. The fourth-order valence-corrected chi connectivity index (χ4v) is 1.55. The summed E-state index contributed by atoms with van der Waals surface area (Å²) < 4.78 is 36.9. The Morgan fingerprint density at radius 1 is 1.17 bits per heavy atom. The van der Waals surface area contributed by atoms with Crippen LogP contribution < -0.4 is 0 Å². The van der Waals surface area contributed by atoms with E-state index in [0.717, 1.165) is 12.1 Å². The Labute approximate surface area is 81.9 Å². The van der Waals surface area contributed by atoms with Crippen LogP contribution in [0.2, 0.25) is 0 Å². The molecule has 1 rings (SSSR count). The van der Waals surface area contributed by atoms with E-state index in [0.29, 0.717) is 9.13 Å². The first kappa shape index (κ1) is 9.83. The molecule has 0 nitrogen and oxygen atoms in total. The largest absolute Gasteiger partial charge is 0.416 e. The monoisotopic (exact) mass is 285 g/mol. The topological polar surface area (TPSA) is 0 Å². The van der Waals surface area contributed by atoms with E-state index >= 15 is 0 Å². The highest BCUT2D eigenvalue weighted by Gasteiger charge is 2.30. The Morgan fingerprint density at radius 3 is 2.17 bits per heavy atom. The minimum atomic E-state index is -4.27. The summed E-state index contributed by atoms with van der Waals surface area (Å²) in [5.74, 6) is 0.